The van der Waals surface area contributed by atoms with Crippen LogP contribution < -0.4 is 23.7 Å². The van der Waals surface area contributed by atoms with Crippen LogP contribution in [0.1, 0.15) is 27.8 Å². The fourth-order valence-corrected chi connectivity index (χ4v) is 4.56. The highest BCUT2D eigenvalue weighted by molar-refractivity contribution is 5.93. The summed E-state index contributed by atoms with van der Waals surface area (Å²) in [7, 11) is 0. The quantitative estimate of drug-likeness (QED) is 0.0450. The second-order valence-corrected chi connectivity index (χ2v) is 13.1. The maximum atomic E-state index is 13.4. The summed E-state index contributed by atoms with van der Waals surface area (Å²) in [6.45, 7) is 10.5. The maximum absolute atomic E-state index is 13.4. The van der Waals surface area contributed by atoms with E-state index in [1.165, 1.54) is 48.5 Å². The molecular formula is C47H26F12O9. The number of alkyl halides is 12. The average molecular weight is 963 g/mol. The lowest BCUT2D eigenvalue weighted by Gasteiger charge is -2.15. The molecule has 4 aromatic rings. The Kier molecular flexibility index (Phi) is 16.3. The summed E-state index contributed by atoms with van der Waals surface area (Å²) in [5.74, 6) is -0.00117. The molecule has 0 unspecified atom stereocenters. The molecule has 0 spiro atoms. The lowest BCUT2D eigenvalue weighted by molar-refractivity contribution is -0.144. The van der Waals surface area contributed by atoms with Gasteiger partial charge in [0.15, 0.2) is 11.5 Å². The number of carbonyl (C=O) groups is 4. The molecule has 0 bridgehead atoms. The highest BCUT2D eigenvalue weighted by atomic mass is 19.4. The number of esters is 4. The summed E-state index contributed by atoms with van der Waals surface area (Å²) in [5.41, 5.74) is -7.99. The predicted molar refractivity (Wildman–Crippen MR) is 216 cm³/mol. The Morgan fingerprint density at radius 1 is 0.441 bits per heavy atom. The number of ether oxygens (including phenoxy) is 5. The first kappa shape index (κ1) is 52.2. The lowest BCUT2D eigenvalue weighted by Crippen LogP contribution is -2.24. The third-order valence-corrected chi connectivity index (χ3v) is 8.17. The number of benzene rings is 4. The molecule has 0 aliphatic carbocycles. The molecule has 352 valence electrons. The lowest BCUT2D eigenvalue weighted by atomic mass is 10.1. The van der Waals surface area contributed by atoms with Crippen molar-refractivity contribution in [3.8, 4) is 52.4 Å². The van der Waals surface area contributed by atoms with E-state index in [1.54, 1.807) is 12.2 Å². The zero-order valence-corrected chi connectivity index (χ0v) is 34.0. The minimum Gasteiger partial charge on any atom is -0.490 e. The fraction of sp³-hybridized carbons (Fsp3) is 0.106. The molecule has 0 heterocycles. The summed E-state index contributed by atoms with van der Waals surface area (Å²) in [6.07, 6.45) is -17.6. The van der Waals surface area contributed by atoms with Crippen LogP contribution in [0, 0.1) is 23.7 Å². The summed E-state index contributed by atoms with van der Waals surface area (Å²) in [6, 6.07) is 16.9. The smallest absolute Gasteiger partial charge is 0.422 e. The fourth-order valence-electron chi connectivity index (χ4n) is 4.56. The van der Waals surface area contributed by atoms with Crippen LogP contribution in [-0.4, -0.2) is 55.2 Å². The van der Waals surface area contributed by atoms with E-state index in [0.717, 1.165) is 36.4 Å². The van der Waals surface area contributed by atoms with E-state index in [4.69, 9.17) is 14.2 Å². The van der Waals surface area contributed by atoms with Crippen LogP contribution in [0.15, 0.2) is 140 Å². The molecular weight excluding hydrogens is 936 g/mol. The van der Waals surface area contributed by atoms with Gasteiger partial charge in [0.25, 0.3) is 0 Å². The Morgan fingerprint density at radius 2 is 0.765 bits per heavy atom. The van der Waals surface area contributed by atoms with Crippen molar-refractivity contribution in [1.82, 2.24) is 0 Å². The van der Waals surface area contributed by atoms with E-state index in [2.05, 4.69) is 59.5 Å². The standard InChI is InChI=1S/C47H26F12O9/c1-26(44(48,49)50)40(60)65-35-18-11-30(12-19-35)6-5-23-64-34-16-9-31(10-17-34)7-8-33-24-38(67-42(62)28(3)46(54,55)56)37(39(25-33)68-43(63)29(4)47(57,58)59)22-15-32-13-20-36(21-14-32)66-41(61)27(2)45(51,52)53/h5-6,9-14,16-21,24-25H,1-4,23H2. The maximum Gasteiger partial charge on any atom is 0.422 e. The number of rotatable bonds is 12. The van der Waals surface area contributed by atoms with Gasteiger partial charge in [-0.1, -0.05) is 68.2 Å². The molecule has 0 saturated heterocycles. The molecule has 0 N–H and O–H groups in total. The molecule has 0 atom stereocenters. The Morgan fingerprint density at radius 3 is 1.15 bits per heavy atom. The monoisotopic (exact) mass is 962 g/mol. The molecule has 0 aliphatic heterocycles. The summed E-state index contributed by atoms with van der Waals surface area (Å²) in [5, 5.41) is 0. The van der Waals surface area contributed by atoms with E-state index in [-0.39, 0.29) is 29.0 Å². The van der Waals surface area contributed by atoms with Crippen LogP contribution in [0.2, 0.25) is 0 Å². The van der Waals surface area contributed by atoms with Gasteiger partial charge in [0.05, 0.1) is 0 Å². The van der Waals surface area contributed by atoms with Crippen LogP contribution in [-0.2, 0) is 19.2 Å². The molecule has 0 amide bonds. The Labute approximate surface area is 376 Å². The van der Waals surface area contributed by atoms with Crippen molar-refractivity contribution in [2.75, 3.05) is 6.61 Å². The van der Waals surface area contributed by atoms with E-state index < -0.39 is 93.7 Å². The largest absolute Gasteiger partial charge is 0.490 e. The first-order valence-electron chi connectivity index (χ1n) is 18.3. The third kappa shape index (κ3) is 15.1. The van der Waals surface area contributed by atoms with Crippen LogP contribution >= 0.6 is 0 Å². The molecule has 0 aromatic heterocycles. The summed E-state index contributed by atoms with van der Waals surface area (Å²) < 4.78 is 182. The minimum atomic E-state index is -5.33. The zero-order chi connectivity index (χ0) is 50.8. The van der Waals surface area contributed by atoms with Crippen molar-refractivity contribution < 1.29 is 95.5 Å². The van der Waals surface area contributed by atoms with Gasteiger partial charge in [-0.2, -0.15) is 52.7 Å². The van der Waals surface area contributed by atoms with Gasteiger partial charge in [-0.3, -0.25) is 0 Å². The van der Waals surface area contributed by atoms with Gasteiger partial charge in [-0.05, 0) is 84.4 Å². The van der Waals surface area contributed by atoms with Crippen molar-refractivity contribution in [2.45, 2.75) is 24.7 Å². The minimum absolute atomic E-state index is 0.00444. The normalized spacial score (nSPS) is 11.5. The van der Waals surface area contributed by atoms with E-state index in [1.807, 2.05) is 0 Å². The molecule has 0 aliphatic rings. The van der Waals surface area contributed by atoms with Crippen LogP contribution in [0.5, 0.6) is 28.7 Å². The predicted octanol–water partition coefficient (Wildman–Crippen LogP) is 10.7. The zero-order valence-electron chi connectivity index (χ0n) is 34.0. The van der Waals surface area contributed by atoms with Crippen molar-refractivity contribution in [3.05, 3.63) is 167 Å². The molecule has 4 rings (SSSR count). The Balaban J connectivity index is 1.62. The summed E-state index contributed by atoms with van der Waals surface area (Å²) in [4.78, 5) is 48.6. The average Bonchev–Trinajstić information content (AvgIpc) is 3.25. The van der Waals surface area contributed by atoms with Crippen LogP contribution in [0.4, 0.5) is 52.7 Å². The number of carbonyl (C=O) groups excluding carboxylic acids is 4. The molecule has 0 saturated carbocycles. The van der Waals surface area contributed by atoms with E-state index in [0.29, 0.717) is 11.3 Å². The van der Waals surface area contributed by atoms with Crippen molar-refractivity contribution >= 4 is 30.0 Å². The van der Waals surface area contributed by atoms with Gasteiger partial charge in [0.2, 0.25) is 0 Å². The number of hydrogen-bond acceptors (Lipinski definition) is 9. The van der Waals surface area contributed by atoms with Gasteiger partial charge in [0, 0.05) is 16.7 Å². The summed E-state index contributed by atoms with van der Waals surface area (Å²) >= 11 is 0. The van der Waals surface area contributed by atoms with Crippen LogP contribution in [0.25, 0.3) is 6.08 Å². The Bertz CT molecular complexity index is 2750. The van der Waals surface area contributed by atoms with E-state index >= 15 is 0 Å². The van der Waals surface area contributed by atoms with Crippen molar-refractivity contribution in [3.63, 3.8) is 0 Å². The van der Waals surface area contributed by atoms with Gasteiger partial charge in [0.1, 0.15) is 51.7 Å². The van der Waals surface area contributed by atoms with Gasteiger partial charge in [-0.15, -0.1) is 0 Å². The third-order valence-electron chi connectivity index (χ3n) is 8.17. The Hall–Kier alpha value is -8.46. The van der Waals surface area contributed by atoms with Gasteiger partial charge < -0.3 is 23.7 Å². The topological polar surface area (TPSA) is 114 Å². The second kappa shape index (κ2) is 21.2. The molecule has 9 nitrogen and oxygen atoms in total. The molecule has 21 heteroatoms. The van der Waals surface area contributed by atoms with Gasteiger partial charge in [-0.25, -0.2) is 19.2 Å². The number of halogens is 12. The van der Waals surface area contributed by atoms with Crippen molar-refractivity contribution in [1.29, 1.82) is 0 Å². The molecule has 4 aromatic carbocycles. The van der Waals surface area contributed by atoms with Crippen LogP contribution in [0.3, 0.4) is 0 Å². The molecule has 68 heavy (non-hydrogen) atoms. The SMILES string of the molecule is C=C(C(=O)Oc1ccc(C#Cc2c(OC(=O)C(=C)C(F)(F)F)cc(C#Cc3ccc(OCC=Cc4ccc(OC(=O)C(=C)C(F)(F)F)cc4)cc3)cc2OC(=O)C(=C)C(F)(F)F)cc1)C(F)(F)F. The second-order valence-electron chi connectivity index (χ2n) is 13.1. The molecule has 0 fully saturated rings. The highest BCUT2D eigenvalue weighted by Gasteiger charge is 2.41. The van der Waals surface area contributed by atoms with Gasteiger partial charge >= 0.3 is 48.6 Å². The first-order chi connectivity index (χ1) is 31.5. The number of hydrogen-bond donors (Lipinski definition) is 0. The highest BCUT2D eigenvalue weighted by Crippen LogP contribution is 2.35. The van der Waals surface area contributed by atoms with E-state index in [9.17, 15) is 71.9 Å². The van der Waals surface area contributed by atoms with Crippen molar-refractivity contribution in [2.24, 2.45) is 0 Å². The first-order valence-corrected chi connectivity index (χ1v) is 18.3. The molecule has 0 radical (unpaired) electrons.